The van der Waals surface area contributed by atoms with Crippen LogP contribution in [0.1, 0.15) is 48.6 Å². The summed E-state index contributed by atoms with van der Waals surface area (Å²) >= 11 is 0. The van der Waals surface area contributed by atoms with Crippen molar-refractivity contribution in [2.75, 3.05) is 0 Å². The summed E-state index contributed by atoms with van der Waals surface area (Å²) in [5.41, 5.74) is 1.54. The molecule has 3 aromatic rings. The Labute approximate surface area is 157 Å². The molecule has 0 saturated heterocycles. The normalized spacial score (nSPS) is 11.9. The molecule has 142 valence electrons. The lowest BCUT2D eigenvalue weighted by Crippen LogP contribution is -2.21. The summed E-state index contributed by atoms with van der Waals surface area (Å²) in [5.74, 6) is -3.66. The van der Waals surface area contributed by atoms with Gasteiger partial charge in [-0.05, 0) is 43.2 Å². The van der Waals surface area contributed by atoms with Crippen molar-refractivity contribution in [3.05, 3.63) is 81.4 Å². The average molecular weight is 370 g/mol. The first-order valence-corrected chi connectivity index (χ1v) is 9.41. The molecule has 0 radical (unpaired) electrons. The van der Waals surface area contributed by atoms with Crippen molar-refractivity contribution in [1.29, 1.82) is 0 Å². The van der Waals surface area contributed by atoms with Gasteiger partial charge in [0, 0.05) is 12.0 Å². The third kappa shape index (κ3) is 4.26. The van der Waals surface area contributed by atoms with E-state index in [4.69, 9.17) is 4.42 Å². The largest absolute Gasteiger partial charge is 0.421 e. The maximum absolute atomic E-state index is 15.1. The minimum Gasteiger partial charge on any atom is -0.421 e. The van der Waals surface area contributed by atoms with Gasteiger partial charge in [0.1, 0.15) is 0 Å². The van der Waals surface area contributed by atoms with Crippen LogP contribution in [0.3, 0.4) is 0 Å². The van der Waals surface area contributed by atoms with E-state index in [0.717, 1.165) is 24.0 Å². The first kappa shape index (κ1) is 19.3. The highest BCUT2D eigenvalue weighted by molar-refractivity contribution is 5.85. The summed E-state index contributed by atoms with van der Waals surface area (Å²) in [6.07, 6.45) is 1.93. The van der Waals surface area contributed by atoms with Crippen LogP contribution in [-0.4, -0.2) is 0 Å². The van der Waals surface area contributed by atoms with Crippen molar-refractivity contribution in [1.82, 2.24) is 0 Å². The third-order valence-electron chi connectivity index (χ3n) is 4.87. The molecule has 3 rings (SSSR count). The Hall–Kier alpha value is -2.49. The van der Waals surface area contributed by atoms with E-state index in [1.165, 1.54) is 0 Å². The molecule has 0 aliphatic carbocycles. The Bertz CT molecular complexity index is 975. The molecule has 1 heterocycles. The first-order valence-electron chi connectivity index (χ1n) is 9.41. The van der Waals surface area contributed by atoms with Gasteiger partial charge in [-0.3, -0.25) is 0 Å². The summed E-state index contributed by atoms with van der Waals surface area (Å²) in [6, 6.07) is 14.5. The zero-order chi connectivity index (χ0) is 19.4. The van der Waals surface area contributed by atoms with Crippen LogP contribution >= 0.6 is 0 Å². The molecule has 0 spiro atoms. The lowest BCUT2D eigenvalue weighted by atomic mass is 9.94. The molecule has 0 amide bonds. The Morgan fingerprint density at radius 2 is 1.74 bits per heavy atom. The fourth-order valence-corrected chi connectivity index (χ4v) is 3.37. The van der Waals surface area contributed by atoms with Crippen LogP contribution in [0.25, 0.3) is 10.8 Å². The number of alkyl halides is 2. The minimum atomic E-state index is -3.20. The molecule has 0 bridgehead atoms. The number of aryl methyl sites for hydroxylation is 3. The van der Waals surface area contributed by atoms with Gasteiger partial charge in [-0.1, -0.05) is 61.4 Å². The maximum Gasteiger partial charge on any atom is 0.344 e. The number of unbranched alkanes of at least 4 members (excludes halogenated alkanes) is 1. The van der Waals surface area contributed by atoms with Crippen molar-refractivity contribution in [3.8, 4) is 0 Å². The lowest BCUT2D eigenvalue weighted by Gasteiger charge is -2.20. The van der Waals surface area contributed by atoms with Crippen LogP contribution in [0, 0.1) is 6.92 Å². The van der Waals surface area contributed by atoms with Crippen molar-refractivity contribution < 1.29 is 13.2 Å². The topological polar surface area (TPSA) is 30.2 Å². The molecule has 2 nitrogen and oxygen atoms in total. The highest BCUT2D eigenvalue weighted by atomic mass is 19.3. The summed E-state index contributed by atoms with van der Waals surface area (Å²) in [5, 5.41) is 0.961. The van der Waals surface area contributed by atoms with Gasteiger partial charge in [0.05, 0.1) is 5.39 Å². The molecule has 0 aliphatic rings. The molecular weight excluding hydrogens is 346 g/mol. The summed E-state index contributed by atoms with van der Waals surface area (Å²) in [4.78, 5) is 12.4. The molecule has 0 unspecified atom stereocenters. The minimum absolute atomic E-state index is 0.219. The molecule has 2 aromatic carbocycles. The molecule has 0 fully saturated rings. The highest BCUT2D eigenvalue weighted by Gasteiger charge is 2.38. The van der Waals surface area contributed by atoms with E-state index in [0.29, 0.717) is 22.8 Å². The fourth-order valence-electron chi connectivity index (χ4n) is 3.37. The molecule has 4 heteroatoms. The summed E-state index contributed by atoms with van der Waals surface area (Å²) in [7, 11) is 0. The second kappa shape index (κ2) is 8.03. The fraction of sp³-hybridized carbons (Fsp3) is 0.348. The van der Waals surface area contributed by atoms with Crippen LogP contribution < -0.4 is 5.63 Å². The van der Waals surface area contributed by atoms with Gasteiger partial charge in [-0.25, -0.2) is 4.79 Å². The third-order valence-corrected chi connectivity index (χ3v) is 4.87. The van der Waals surface area contributed by atoms with E-state index in [1.807, 2.05) is 50.2 Å². The number of rotatable bonds is 7. The van der Waals surface area contributed by atoms with Gasteiger partial charge in [-0.2, -0.15) is 8.78 Å². The predicted molar refractivity (Wildman–Crippen MR) is 104 cm³/mol. The monoisotopic (exact) mass is 370 g/mol. The quantitative estimate of drug-likeness (QED) is 0.498. The van der Waals surface area contributed by atoms with Gasteiger partial charge < -0.3 is 4.42 Å². The predicted octanol–water partition coefficient (Wildman–Crippen LogP) is 6.17. The number of hydrogen-bond acceptors (Lipinski definition) is 2. The van der Waals surface area contributed by atoms with E-state index in [9.17, 15) is 4.79 Å². The average Bonchev–Trinajstić information content (AvgIpc) is 2.66. The van der Waals surface area contributed by atoms with Crippen molar-refractivity contribution in [2.45, 2.75) is 51.9 Å². The lowest BCUT2D eigenvalue weighted by molar-refractivity contribution is -0.0371. The van der Waals surface area contributed by atoms with E-state index >= 15 is 8.78 Å². The zero-order valence-electron chi connectivity index (χ0n) is 15.7. The van der Waals surface area contributed by atoms with E-state index in [-0.39, 0.29) is 6.42 Å². The van der Waals surface area contributed by atoms with Gasteiger partial charge in [0.2, 0.25) is 0 Å². The standard InChI is InChI=1S/C23H24F2O2/c1-3-4-10-18-20-15-16(2)11-12-19(20)22(26)27-21(18)23(24,25)14-13-17-8-6-5-7-9-17/h5-9,11-12,15H,3-4,10,13-14H2,1-2H3. The SMILES string of the molecule is CCCCc1c(C(F)(F)CCc2ccccc2)oc(=O)c2ccc(C)cc12. The molecular formula is C23H24F2O2. The maximum atomic E-state index is 15.1. The molecule has 0 N–H and O–H groups in total. The highest BCUT2D eigenvalue weighted by Crippen LogP contribution is 2.37. The van der Waals surface area contributed by atoms with Crippen LogP contribution in [0.4, 0.5) is 8.78 Å². The first-order chi connectivity index (χ1) is 12.9. The van der Waals surface area contributed by atoms with Gasteiger partial charge in [0.15, 0.2) is 5.76 Å². The number of fused-ring (bicyclic) bond motifs is 1. The van der Waals surface area contributed by atoms with E-state index < -0.39 is 23.7 Å². The zero-order valence-corrected chi connectivity index (χ0v) is 15.7. The molecule has 1 aromatic heterocycles. The summed E-state index contributed by atoms with van der Waals surface area (Å²) in [6.45, 7) is 3.91. The second-order valence-corrected chi connectivity index (χ2v) is 7.04. The Morgan fingerprint density at radius 1 is 1.00 bits per heavy atom. The second-order valence-electron chi connectivity index (χ2n) is 7.04. The molecule has 0 saturated carbocycles. The molecule has 0 atom stereocenters. The van der Waals surface area contributed by atoms with E-state index in [2.05, 4.69) is 0 Å². The van der Waals surface area contributed by atoms with Crippen LogP contribution in [0.15, 0.2) is 57.7 Å². The molecule has 0 aliphatic heterocycles. The molecule has 27 heavy (non-hydrogen) atoms. The van der Waals surface area contributed by atoms with Crippen molar-refractivity contribution in [3.63, 3.8) is 0 Å². The van der Waals surface area contributed by atoms with Crippen LogP contribution in [-0.2, 0) is 18.8 Å². The van der Waals surface area contributed by atoms with Crippen LogP contribution in [0.2, 0.25) is 0 Å². The number of halogens is 2. The Balaban J connectivity index is 2.06. The van der Waals surface area contributed by atoms with Crippen molar-refractivity contribution >= 4 is 10.8 Å². The Kier molecular flexibility index (Phi) is 5.73. The van der Waals surface area contributed by atoms with Gasteiger partial charge in [0.25, 0.3) is 0 Å². The number of hydrogen-bond donors (Lipinski definition) is 0. The smallest absolute Gasteiger partial charge is 0.344 e. The van der Waals surface area contributed by atoms with E-state index in [1.54, 1.807) is 12.1 Å². The van der Waals surface area contributed by atoms with Gasteiger partial charge in [-0.15, -0.1) is 0 Å². The van der Waals surface area contributed by atoms with Crippen LogP contribution in [0.5, 0.6) is 0 Å². The van der Waals surface area contributed by atoms with Crippen molar-refractivity contribution in [2.24, 2.45) is 0 Å². The van der Waals surface area contributed by atoms with Gasteiger partial charge >= 0.3 is 11.5 Å². The number of benzene rings is 2. The Morgan fingerprint density at radius 3 is 2.44 bits per heavy atom. The summed E-state index contributed by atoms with van der Waals surface area (Å²) < 4.78 is 35.4.